The number of anilines is 1. The van der Waals surface area contributed by atoms with Crippen molar-refractivity contribution in [3.8, 4) is 0 Å². The first-order valence-electron chi connectivity index (χ1n) is 7.00. The maximum Gasteiger partial charge on any atom is 0.433 e. The number of carbonyl (C=O) groups is 1. The Morgan fingerprint density at radius 3 is 2.57 bits per heavy atom. The minimum atomic E-state index is -4.54. The van der Waals surface area contributed by atoms with Crippen molar-refractivity contribution in [2.45, 2.75) is 38.3 Å². The summed E-state index contributed by atoms with van der Waals surface area (Å²) in [4.78, 5) is 14.8. The van der Waals surface area contributed by atoms with E-state index in [9.17, 15) is 18.0 Å². The number of pyridine rings is 1. The van der Waals surface area contributed by atoms with Crippen LogP contribution in [0.5, 0.6) is 0 Å². The molecule has 1 saturated carbocycles. The summed E-state index contributed by atoms with van der Waals surface area (Å²) < 4.78 is 38.0. The molecule has 0 spiro atoms. The van der Waals surface area contributed by atoms with Crippen LogP contribution in [-0.4, -0.2) is 17.4 Å². The van der Waals surface area contributed by atoms with E-state index in [0.717, 1.165) is 31.4 Å². The number of aromatic nitrogens is 1. The normalized spacial score (nSPS) is 16.1. The van der Waals surface area contributed by atoms with Crippen LogP contribution in [0.25, 0.3) is 0 Å². The van der Waals surface area contributed by atoms with Crippen LogP contribution < -0.4 is 11.1 Å². The lowest BCUT2D eigenvalue weighted by molar-refractivity contribution is -0.141. The molecule has 0 unspecified atom stereocenters. The van der Waals surface area contributed by atoms with Gasteiger partial charge in [0.25, 0.3) is 5.91 Å². The summed E-state index contributed by atoms with van der Waals surface area (Å²) in [5.41, 5.74) is 4.12. The topological polar surface area (TPSA) is 68.0 Å². The molecule has 1 aromatic heterocycles. The Morgan fingerprint density at radius 2 is 2.00 bits per heavy atom. The molecular formula is C14H18F3N3O. The van der Waals surface area contributed by atoms with Crippen molar-refractivity contribution in [3.63, 3.8) is 0 Å². The van der Waals surface area contributed by atoms with Crippen LogP contribution in [0, 0.1) is 5.92 Å². The number of nitrogens with zero attached hydrogens (tertiary/aromatic N) is 1. The predicted octanol–water partition coefficient (Wildman–Crippen LogP) is 3.19. The second-order valence-corrected chi connectivity index (χ2v) is 5.32. The van der Waals surface area contributed by atoms with Gasteiger partial charge in [-0.1, -0.05) is 25.7 Å². The molecule has 116 valence electrons. The molecule has 0 saturated heterocycles. The van der Waals surface area contributed by atoms with Gasteiger partial charge in [0.05, 0.1) is 5.56 Å². The van der Waals surface area contributed by atoms with E-state index >= 15 is 0 Å². The van der Waals surface area contributed by atoms with Crippen LogP contribution in [0.4, 0.5) is 19.0 Å². The maximum atomic E-state index is 12.7. The summed E-state index contributed by atoms with van der Waals surface area (Å²) in [5.74, 6) is -0.282. The molecule has 0 bridgehead atoms. The summed E-state index contributed by atoms with van der Waals surface area (Å²) >= 11 is 0. The molecule has 2 rings (SSSR count). The molecule has 21 heavy (non-hydrogen) atoms. The lowest BCUT2D eigenvalue weighted by Crippen LogP contribution is -2.19. The van der Waals surface area contributed by atoms with Gasteiger partial charge in [-0.2, -0.15) is 13.2 Å². The van der Waals surface area contributed by atoms with Gasteiger partial charge >= 0.3 is 6.18 Å². The van der Waals surface area contributed by atoms with Gasteiger partial charge in [0.2, 0.25) is 0 Å². The summed E-state index contributed by atoms with van der Waals surface area (Å²) in [6.07, 6.45) is 1.03. The van der Waals surface area contributed by atoms with Crippen LogP contribution >= 0.6 is 0 Å². The monoisotopic (exact) mass is 301 g/mol. The van der Waals surface area contributed by atoms with Crippen LogP contribution in [0.1, 0.15) is 48.2 Å². The van der Waals surface area contributed by atoms with E-state index in [1.54, 1.807) is 0 Å². The molecular weight excluding hydrogens is 283 g/mol. The molecule has 1 aliphatic carbocycles. The fourth-order valence-electron chi connectivity index (χ4n) is 2.64. The zero-order chi connectivity index (χ0) is 15.5. The highest BCUT2D eigenvalue weighted by atomic mass is 19.4. The van der Waals surface area contributed by atoms with Gasteiger partial charge in [-0.05, 0) is 24.5 Å². The Kier molecular flexibility index (Phi) is 4.69. The van der Waals surface area contributed by atoms with Crippen LogP contribution in [-0.2, 0) is 6.18 Å². The molecule has 1 fully saturated rings. The maximum absolute atomic E-state index is 12.7. The zero-order valence-electron chi connectivity index (χ0n) is 11.5. The van der Waals surface area contributed by atoms with E-state index in [2.05, 4.69) is 10.3 Å². The molecule has 0 atom stereocenters. The van der Waals surface area contributed by atoms with Crippen LogP contribution in [0.3, 0.4) is 0 Å². The van der Waals surface area contributed by atoms with Gasteiger partial charge in [-0.25, -0.2) is 4.98 Å². The molecule has 7 heteroatoms. The van der Waals surface area contributed by atoms with Crippen molar-refractivity contribution in [1.29, 1.82) is 0 Å². The van der Waals surface area contributed by atoms with Gasteiger partial charge in [0.1, 0.15) is 11.5 Å². The highest BCUT2D eigenvalue weighted by molar-refractivity contribution is 5.97. The van der Waals surface area contributed by atoms with Crippen molar-refractivity contribution < 1.29 is 18.0 Å². The number of primary amides is 1. The SMILES string of the molecule is NC(=O)c1ccc(C(F)(F)F)nc1NCCC1CCCC1. The zero-order valence-corrected chi connectivity index (χ0v) is 11.5. The lowest BCUT2D eigenvalue weighted by Gasteiger charge is -2.14. The van der Waals surface area contributed by atoms with Gasteiger partial charge in [0, 0.05) is 6.54 Å². The highest BCUT2D eigenvalue weighted by Gasteiger charge is 2.33. The van der Waals surface area contributed by atoms with Gasteiger partial charge in [-0.3, -0.25) is 4.79 Å². The van der Waals surface area contributed by atoms with Crippen molar-refractivity contribution >= 4 is 11.7 Å². The molecule has 1 heterocycles. The number of carbonyl (C=O) groups excluding carboxylic acids is 1. The summed E-state index contributed by atoms with van der Waals surface area (Å²) in [5, 5.41) is 2.82. The number of nitrogens with one attached hydrogen (secondary N) is 1. The second kappa shape index (κ2) is 6.32. The van der Waals surface area contributed by atoms with E-state index in [4.69, 9.17) is 5.73 Å². The molecule has 1 amide bonds. The number of hydrogen-bond acceptors (Lipinski definition) is 3. The van der Waals surface area contributed by atoms with E-state index in [1.807, 2.05) is 0 Å². The quantitative estimate of drug-likeness (QED) is 0.877. The number of halogens is 3. The van der Waals surface area contributed by atoms with Crippen molar-refractivity contribution in [2.24, 2.45) is 11.7 Å². The third-order valence-electron chi connectivity index (χ3n) is 3.77. The summed E-state index contributed by atoms with van der Waals surface area (Å²) in [7, 11) is 0. The first kappa shape index (κ1) is 15.6. The standard InChI is InChI=1S/C14H18F3N3O/c15-14(16,17)11-6-5-10(12(18)21)13(20-11)19-8-7-9-3-1-2-4-9/h5-6,9H,1-4,7-8H2,(H2,18,21)(H,19,20). The molecule has 0 aromatic carbocycles. The minimum Gasteiger partial charge on any atom is -0.369 e. The molecule has 0 aliphatic heterocycles. The van der Waals surface area contributed by atoms with Crippen molar-refractivity contribution in [3.05, 3.63) is 23.4 Å². The smallest absolute Gasteiger partial charge is 0.369 e. The van der Waals surface area contributed by atoms with Crippen molar-refractivity contribution in [1.82, 2.24) is 4.98 Å². The summed E-state index contributed by atoms with van der Waals surface area (Å²) in [6.45, 7) is 0.485. The third-order valence-corrected chi connectivity index (χ3v) is 3.77. The van der Waals surface area contributed by atoms with E-state index in [1.165, 1.54) is 12.8 Å². The number of rotatable bonds is 5. The molecule has 4 nitrogen and oxygen atoms in total. The number of nitrogens with two attached hydrogens (primary N) is 1. The van der Waals surface area contributed by atoms with Gasteiger partial charge < -0.3 is 11.1 Å². The average Bonchev–Trinajstić information content (AvgIpc) is 2.90. The van der Waals surface area contributed by atoms with Crippen LogP contribution in [0.2, 0.25) is 0 Å². The second-order valence-electron chi connectivity index (χ2n) is 5.32. The Bertz CT molecular complexity index is 511. The van der Waals surface area contributed by atoms with Gasteiger partial charge in [-0.15, -0.1) is 0 Å². The fourth-order valence-corrected chi connectivity index (χ4v) is 2.64. The fraction of sp³-hybridized carbons (Fsp3) is 0.571. The van der Waals surface area contributed by atoms with E-state index < -0.39 is 17.8 Å². The average molecular weight is 301 g/mol. The van der Waals surface area contributed by atoms with Crippen molar-refractivity contribution in [2.75, 3.05) is 11.9 Å². The number of amides is 1. The van der Waals surface area contributed by atoms with Gasteiger partial charge in [0.15, 0.2) is 0 Å². The highest BCUT2D eigenvalue weighted by Crippen LogP contribution is 2.30. The van der Waals surface area contributed by atoms with E-state index in [0.29, 0.717) is 12.5 Å². The number of hydrogen-bond donors (Lipinski definition) is 2. The molecule has 1 aromatic rings. The minimum absolute atomic E-state index is 0.0191. The first-order valence-corrected chi connectivity index (χ1v) is 7.00. The Hall–Kier alpha value is -1.79. The number of alkyl halides is 3. The third kappa shape index (κ3) is 4.09. The predicted molar refractivity (Wildman–Crippen MR) is 72.8 cm³/mol. The van der Waals surface area contributed by atoms with E-state index in [-0.39, 0.29) is 11.4 Å². The Morgan fingerprint density at radius 1 is 1.33 bits per heavy atom. The largest absolute Gasteiger partial charge is 0.433 e. The Labute approximate surface area is 120 Å². The molecule has 3 N–H and O–H groups in total. The molecule has 1 aliphatic rings. The Balaban J connectivity index is 2.08. The summed E-state index contributed by atoms with van der Waals surface area (Å²) in [6, 6.07) is 1.83. The van der Waals surface area contributed by atoms with Crippen LogP contribution in [0.15, 0.2) is 12.1 Å². The lowest BCUT2D eigenvalue weighted by atomic mass is 10.0. The first-order chi connectivity index (χ1) is 9.88. The molecule has 0 radical (unpaired) electrons.